The molecule has 2 unspecified atom stereocenters. The Morgan fingerprint density at radius 3 is 2.74 bits per heavy atom. The van der Waals surface area contributed by atoms with Crippen LogP contribution in [0.4, 0.5) is 13.2 Å². The summed E-state index contributed by atoms with van der Waals surface area (Å²) in [6.45, 7) is 0.205. The second kappa shape index (κ2) is 5.24. The minimum atomic E-state index is -4.21. The van der Waals surface area contributed by atoms with Crippen LogP contribution in [0.3, 0.4) is 0 Å². The summed E-state index contributed by atoms with van der Waals surface area (Å²) in [7, 11) is 1.44. The average molecular weight is 275 g/mol. The van der Waals surface area contributed by atoms with Crippen molar-refractivity contribution in [2.45, 2.75) is 31.1 Å². The van der Waals surface area contributed by atoms with E-state index in [9.17, 15) is 18.0 Å². The average Bonchev–Trinajstić information content (AvgIpc) is 2.80. The van der Waals surface area contributed by atoms with E-state index in [1.165, 1.54) is 11.9 Å². The molecule has 1 fully saturated rings. The second-order valence-corrected chi connectivity index (χ2v) is 4.83. The van der Waals surface area contributed by atoms with Crippen molar-refractivity contribution in [3.8, 4) is 0 Å². The molecular weight excluding hydrogens is 259 g/mol. The Kier molecular flexibility index (Phi) is 3.84. The van der Waals surface area contributed by atoms with Crippen LogP contribution in [0.5, 0.6) is 0 Å². The van der Waals surface area contributed by atoms with E-state index in [-0.39, 0.29) is 24.9 Å². The van der Waals surface area contributed by atoms with Crippen molar-refractivity contribution in [3.05, 3.63) is 24.0 Å². The lowest BCUT2D eigenvalue weighted by Gasteiger charge is -2.38. The van der Waals surface area contributed by atoms with E-state index < -0.39 is 12.2 Å². The van der Waals surface area contributed by atoms with Crippen LogP contribution < -0.4 is 5.32 Å². The molecule has 7 heteroatoms. The molecule has 4 nitrogen and oxygen atoms in total. The largest absolute Gasteiger partial charge is 0.404 e. The van der Waals surface area contributed by atoms with Crippen LogP contribution in [0.25, 0.3) is 0 Å². The quantitative estimate of drug-likeness (QED) is 0.864. The fraction of sp³-hybridized carbons (Fsp3) is 0.583. The van der Waals surface area contributed by atoms with Crippen molar-refractivity contribution < 1.29 is 18.0 Å². The molecule has 2 atom stereocenters. The summed E-state index contributed by atoms with van der Waals surface area (Å²) in [5, 5.41) is 2.74. The van der Waals surface area contributed by atoms with Gasteiger partial charge in [-0.25, -0.2) is 0 Å². The molecule has 2 rings (SSSR count). The first-order valence-electron chi connectivity index (χ1n) is 6.09. The molecule has 0 spiro atoms. The highest BCUT2D eigenvalue weighted by molar-refractivity contribution is 5.92. The number of rotatable bonds is 2. The molecule has 1 aromatic rings. The van der Waals surface area contributed by atoms with Gasteiger partial charge < -0.3 is 10.3 Å². The number of carbonyl (C=O) groups excluding carboxylic acids is 1. The lowest BCUT2D eigenvalue weighted by atomic mass is 9.98. The minimum Gasteiger partial charge on any atom is -0.357 e. The maximum Gasteiger partial charge on any atom is 0.404 e. The molecular formula is C12H16F3N3O. The first kappa shape index (κ1) is 13.9. The van der Waals surface area contributed by atoms with Crippen molar-refractivity contribution in [1.29, 1.82) is 0 Å². The van der Waals surface area contributed by atoms with Gasteiger partial charge in [0.1, 0.15) is 11.7 Å². The zero-order chi connectivity index (χ0) is 14.0. The summed E-state index contributed by atoms with van der Waals surface area (Å²) >= 11 is 0. The first-order valence-corrected chi connectivity index (χ1v) is 6.09. The lowest BCUT2D eigenvalue weighted by molar-refractivity contribution is -0.188. The maximum absolute atomic E-state index is 12.7. The number of amides is 1. The van der Waals surface area contributed by atoms with Crippen molar-refractivity contribution in [1.82, 2.24) is 15.2 Å². The molecule has 0 aromatic carbocycles. The molecule has 1 saturated heterocycles. The predicted molar refractivity (Wildman–Crippen MR) is 63.8 cm³/mol. The van der Waals surface area contributed by atoms with E-state index in [2.05, 4.69) is 10.3 Å². The fourth-order valence-corrected chi connectivity index (χ4v) is 2.41. The highest BCUT2D eigenvalue weighted by Crippen LogP contribution is 2.30. The van der Waals surface area contributed by atoms with Crippen LogP contribution in [-0.2, 0) is 0 Å². The fourth-order valence-electron chi connectivity index (χ4n) is 2.41. The number of carbonyl (C=O) groups is 1. The zero-order valence-electron chi connectivity index (χ0n) is 10.5. The Balaban J connectivity index is 1.90. The standard InChI is InChI=1S/C12H16F3N3O/c1-18-7-8(4-5-10(18)12(13,14)15)17-11(19)9-3-2-6-16-9/h2-3,6,8,10,16H,4-5,7H2,1H3,(H,17,19). The summed E-state index contributed by atoms with van der Waals surface area (Å²) < 4.78 is 38.0. The third-order valence-electron chi connectivity index (χ3n) is 3.38. The van der Waals surface area contributed by atoms with E-state index in [0.717, 1.165) is 0 Å². The Bertz CT molecular complexity index is 430. The van der Waals surface area contributed by atoms with Crippen LogP contribution in [0.1, 0.15) is 23.3 Å². The van der Waals surface area contributed by atoms with Gasteiger partial charge in [0.15, 0.2) is 0 Å². The van der Waals surface area contributed by atoms with Crippen molar-refractivity contribution in [3.63, 3.8) is 0 Å². The van der Waals surface area contributed by atoms with Gasteiger partial charge in [0.05, 0.1) is 0 Å². The number of nitrogens with one attached hydrogen (secondary N) is 2. The molecule has 2 heterocycles. The van der Waals surface area contributed by atoms with Gasteiger partial charge in [0.2, 0.25) is 0 Å². The van der Waals surface area contributed by atoms with E-state index in [0.29, 0.717) is 12.1 Å². The van der Waals surface area contributed by atoms with Gasteiger partial charge in [-0.05, 0) is 32.0 Å². The number of hydrogen-bond donors (Lipinski definition) is 2. The van der Waals surface area contributed by atoms with E-state index in [1.54, 1.807) is 18.3 Å². The Morgan fingerprint density at radius 1 is 1.47 bits per heavy atom. The second-order valence-electron chi connectivity index (χ2n) is 4.83. The molecule has 1 amide bonds. The summed E-state index contributed by atoms with van der Waals surface area (Å²) in [6.07, 6.45) is -2.23. The summed E-state index contributed by atoms with van der Waals surface area (Å²) in [5.41, 5.74) is 0.417. The van der Waals surface area contributed by atoms with E-state index in [4.69, 9.17) is 0 Å². The summed E-state index contributed by atoms with van der Waals surface area (Å²) in [6, 6.07) is 1.66. The number of likely N-dealkylation sites (N-methyl/N-ethyl adjacent to an activating group) is 1. The Labute approximate surface area is 109 Å². The molecule has 0 bridgehead atoms. The van der Waals surface area contributed by atoms with Gasteiger partial charge >= 0.3 is 6.18 Å². The van der Waals surface area contributed by atoms with Gasteiger partial charge in [-0.2, -0.15) is 13.2 Å². The third kappa shape index (κ3) is 3.28. The van der Waals surface area contributed by atoms with Crippen molar-refractivity contribution >= 4 is 5.91 Å². The molecule has 0 radical (unpaired) electrons. The lowest BCUT2D eigenvalue weighted by Crippen LogP contribution is -2.54. The molecule has 0 saturated carbocycles. The monoisotopic (exact) mass is 275 g/mol. The maximum atomic E-state index is 12.7. The van der Waals surface area contributed by atoms with Gasteiger partial charge in [-0.1, -0.05) is 0 Å². The number of aromatic nitrogens is 1. The zero-order valence-corrected chi connectivity index (χ0v) is 10.5. The molecule has 1 aliphatic rings. The molecule has 1 aliphatic heterocycles. The van der Waals surface area contributed by atoms with Crippen LogP contribution in [0.2, 0.25) is 0 Å². The van der Waals surface area contributed by atoms with Gasteiger partial charge in [-0.15, -0.1) is 0 Å². The Morgan fingerprint density at radius 2 is 2.21 bits per heavy atom. The first-order chi connectivity index (χ1) is 8.88. The smallest absolute Gasteiger partial charge is 0.357 e. The number of hydrogen-bond acceptors (Lipinski definition) is 2. The predicted octanol–water partition coefficient (Wildman–Crippen LogP) is 1.77. The molecule has 1 aromatic heterocycles. The van der Waals surface area contributed by atoms with Crippen LogP contribution in [0.15, 0.2) is 18.3 Å². The van der Waals surface area contributed by atoms with Gasteiger partial charge in [0.25, 0.3) is 5.91 Å². The summed E-state index contributed by atoms with van der Waals surface area (Å²) in [5.74, 6) is -0.283. The van der Waals surface area contributed by atoms with Crippen molar-refractivity contribution in [2.24, 2.45) is 0 Å². The summed E-state index contributed by atoms with van der Waals surface area (Å²) in [4.78, 5) is 15.8. The van der Waals surface area contributed by atoms with Crippen molar-refractivity contribution in [2.75, 3.05) is 13.6 Å². The normalized spacial score (nSPS) is 25.3. The number of aromatic amines is 1. The number of H-pyrrole nitrogens is 1. The highest BCUT2D eigenvalue weighted by Gasteiger charge is 2.44. The molecule has 2 N–H and O–H groups in total. The number of halogens is 3. The van der Waals surface area contributed by atoms with E-state index >= 15 is 0 Å². The highest BCUT2D eigenvalue weighted by atomic mass is 19.4. The molecule has 0 aliphatic carbocycles. The SMILES string of the molecule is CN1CC(NC(=O)c2ccc[nH]2)CCC1C(F)(F)F. The topological polar surface area (TPSA) is 48.1 Å². The van der Waals surface area contributed by atoms with E-state index in [1.807, 2.05) is 0 Å². The number of piperidine rings is 1. The Hall–Kier alpha value is -1.50. The number of alkyl halides is 3. The minimum absolute atomic E-state index is 0.00960. The number of likely N-dealkylation sites (tertiary alicyclic amines) is 1. The van der Waals surface area contributed by atoms with Crippen LogP contribution >= 0.6 is 0 Å². The van der Waals surface area contributed by atoms with Crippen LogP contribution in [-0.4, -0.2) is 47.6 Å². The molecule has 106 valence electrons. The van der Waals surface area contributed by atoms with Crippen LogP contribution in [0, 0.1) is 0 Å². The van der Waals surface area contributed by atoms with Gasteiger partial charge in [-0.3, -0.25) is 9.69 Å². The third-order valence-corrected chi connectivity index (χ3v) is 3.38. The molecule has 19 heavy (non-hydrogen) atoms. The number of nitrogens with zero attached hydrogens (tertiary/aromatic N) is 1. The van der Waals surface area contributed by atoms with Gasteiger partial charge in [0, 0.05) is 18.8 Å².